The molecule has 0 atom stereocenters. The Labute approximate surface area is 186 Å². The number of benzene rings is 2. The average Bonchev–Trinajstić information content (AvgIpc) is 3.38. The van der Waals surface area contributed by atoms with Crippen LogP contribution in [0.2, 0.25) is 0 Å². The molecule has 2 heterocycles. The topological polar surface area (TPSA) is 94.7 Å². The molecule has 0 saturated carbocycles. The van der Waals surface area contributed by atoms with Crippen molar-refractivity contribution in [3.8, 4) is 28.4 Å². The summed E-state index contributed by atoms with van der Waals surface area (Å²) >= 11 is 0. The first-order valence-electron chi connectivity index (χ1n) is 10.6. The molecular weight excluding hydrogens is 410 g/mol. The highest BCUT2D eigenvalue weighted by Gasteiger charge is 2.17. The van der Waals surface area contributed by atoms with E-state index in [9.17, 15) is 4.79 Å². The van der Waals surface area contributed by atoms with E-state index < -0.39 is 0 Å². The van der Waals surface area contributed by atoms with Gasteiger partial charge in [-0.1, -0.05) is 12.1 Å². The van der Waals surface area contributed by atoms with Crippen LogP contribution >= 0.6 is 0 Å². The minimum atomic E-state index is -0.278. The fraction of sp³-hybridized carbons (Fsp3) is 0.333. The molecule has 3 aromatic rings. The third-order valence-corrected chi connectivity index (χ3v) is 5.31. The normalized spacial score (nSPS) is 14.0. The van der Waals surface area contributed by atoms with Crippen molar-refractivity contribution >= 4 is 11.6 Å². The van der Waals surface area contributed by atoms with Gasteiger partial charge in [0.25, 0.3) is 5.91 Å². The molecule has 0 bridgehead atoms. The van der Waals surface area contributed by atoms with Crippen LogP contribution in [0.5, 0.6) is 17.2 Å². The van der Waals surface area contributed by atoms with Gasteiger partial charge in [-0.25, -0.2) is 0 Å². The summed E-state index contributed by atoms with van der Waals surface area (Å²) in [6, 6.07) is 12.8. The average molecular weight is 437 g/mol. The number of ether oxygens (including phenoxy) is 4. The molecule has 2 aromatic carbocycles. The van der Waals surface area contributed by atoms with Crippen molar-refractivity contribution in [2.24, 2.45) is 5.92 Å². The first kappa shape index (κ1) is 21.7. The quantitative estimate of drug-likeness (QED) is 0.527. The van der Waals surface area contributed by atoms with E-state index in [-0.39, 0.29) is 12.5 Å². The van der Waals surface area contributed by atoms with Crippen LogP contribution in [0.4, 0.5) is 5.69 Å². The summed E-state index contributed by atoms with van der Waals surface area (Å²) in [5.74, 6) is 2.00. The smallest absolute Gasteiger partial charge is 0.262 e. The maximum absolute atomic E-state index is 12.6. The number of methoxy groups -OCH3 is 1. The summed E-state index contributed by atoms with van der Waals surface area (Å²) in [5, 5.41) is 9.73. The van der Waals surface area contributed by atoms with E-state index in [4.69, 9.17) is 18.9 Å². The van der Waals surface area contributed by atoms with E-state index in [1.807, 2.05) is 36.5 Å². The van der Waals surface area contributed by atoms with E-state index in [1.165, 1.54) is 0 Å². The van der Waals surface area contributed by atoms with Crippen molar-refractivity contribution in [3.63, 3.8) is 0 Å². The minimum absolute atomic E-state index is 0.129. The first-order valence-corrected chi connectivity index (χ1v) is 10.6. The summed E-state index contributed by atoms with van der Waals surface area (Å²) in [6.07, 6.45) is 5.50. The monoisotopic (exact) mass is 437 g/mol. The standard InChI is InChI=1S/C24H27N3O5/c1-29-20-3-2-4-21(12-20)31-16-24(28)27-22-6-5-18(19-13-25-26-14-19)11-23(22)32-15-17-7-9-30-10-8-17/h2-6,11-14,17H,7-10,15-16H2,1H3,(H,25,26)(H,27,28). The van der Waals surface area contributed by atoms with Crippen LogP contribution in [0.3, 0.4) is 0 Å². The number of hydrogen-bond acceptors (Lipinski definition) is 6. The van der Waals surface area contributed by atoms with Gasteiger partial charge in [0, 0.05) is 31.0 Å². The number of anilines is 1. The zero-order valence-corrected chi connectivity index (χ0v) is 18.0. The van der Waals surface area contributed by atoms with Crippen LogP contribution in [-0.2, 0) is 9.53 Å². The lowest BCUT2D eigenvalue weighted by Crippen LogP contribution is -2.23. The summed E-state index contributed by atoms with van der Waals surface area (Å²) < 4.78 is 22.4. The van der Waals surface area contributed by atoms with Gasteiger partial charge in [-0.05, 0) is 48.6 Å². The lowest BCUT2D eigenvalue weighted by Gasteiger charge is -2.23. The van der Waals surface area contributed by atoms with E-state index in [2.05, 4.69) is 15.5 Å². The van der Waals surface area contributed by atoms with Gasteiger partial charge in [0.05, 0.1) is 25.6 Å². The molecule has 1 aliphatic rings. The third-order valence-electron chi connectivity index (χ3n) is 5.31. The lowest BCUT2D eigenvalue weighted by molar-refractivity contribution is -0.118. The molecule has 0 spiro atoms. The highest BCUT2D eigenvalue weighted by atomic mass is 16.5. The number of aromatic amines is 1. The molecule has 32 heavy (non-hydrogen) atoms. The summed E-state index contributed by atoms with van der Waals surface area (Å²) in [4.78, 5) is 12.6. The van der Waals surface area contributed by atoms with E-state index in [1.54, 1.807) is 25.4 Å². The van der Waals surface area contributed by atoms with Gasteiger partial charge in [0.2, 0.25) is 0 Å². The molecule has 2 N–H and O–H groups in total. The van der Waals surface area contributed by atoms with Crippen molar-refractivity contribution in [3.05, 3.63) is 54.9 Å². The number of carbonyl (C=O) groups is 1. The zero-order valence-electron chi connectivity index (χ0n) is 18.0. The fourth-order valence-electron chi connectivity index (χ4n) is 3.48. The second kappa shape index (κ2) is 10.7. The van der Waals surface area contributed by atoms with Crippen LogP contribution in [0.1, 0.15) is 12.8 Å². The number of aromatic nitrogens is 2. The SMILES string of the molecule is COc1cccc(OCC(=O)Nc2ccc(-c3cn[nH]c3)cc2OCC2CCOCC2)c1. The first-order chi connectivity index (χ1) is 15.7. The number of nitrogens with zero attached hydrogens (tertiary/aromatic N) is 1. The number of carbonyl (C=O) groups excluding carboxylic acids is 1. The number of amides is 1. The predicted octanol–water partition coefficient (Wildman–Crippen LogP) is 3.91. The van der Waals surface area contributed by atoms with Crippen molar-refractivity contribution in [1.29, 1.82) is 0 Å². The Hall–Kier alpha value is -3.52. The second-order valence-corrected chi connectivity index (χ2v) is 7.58. The summed E-state index contributed by atoms with van der Waals surface area (Å²) in [7, 11) is 1.58. The van der Waals surface area contributed by atoms with Gasteiger partial charge in [-0.2, -0.15) is 5.10 Å². The molecule has 1 amide bonds. The van der Waals surface area contributed by atoms with Gasteiger partial charge in [0.1, 0.15) is 17.2 Å². The molecule has 0 aliphatic carbocycles. The summed E-state index contributed by atoms with van der Waals surface area (Å²) in [6.45, 7) is 1.96. The molecule has 4 rings (SSSR count). The van der Waals surface area contributed by atoms with Crippen LogP contribution in [-0.4, -0.2) is 49.6 Å². The lowest BCUT2D eigenvalue weighted by atomic mass is 10.0. The Morgan fingerprint density at radius 3 is 2.75 bits per heavy atom. The Morgan fingerprint density at radius 2 is 1.97 bits per heavy atom. The zero-order chi connectivity index (χ0) is 22.2. The van der Waals surface area contributed by atoms with Crippen LogP contribution in [0.15, 0.2) is 54.9 Å². The van der Waals surface area contributed by atoms with Crippen LogP contribution in [0, 0.1) is 5.92 Å². The van der Waals surface area contributed by atoms with Crippen LogP contribution < -0.4 is 19.5 Å². The molecule has 1 fully saturated rings. The van der Waals surface area contributed by atoms with Crippen molar-refractivity contribution in [1.82, 2.24) is 10.2 Å². The van der Waals surface area contributed by atoms with Gasteiger partial charge in [-0.15, -0.1) is 0 Å². The van der Waals surface area contributed by atoms with Gasteiger partial charge in [0.15, 0.2) is 6.61 Å². The second-order valence-electron chi connectivity index (χ2n) is 7.58. The predicted molar refractivity (Wildman–Crippen MR) is 120 cm³/mol. The molecule has 1 saturated heterocycles. The van der Waals surface area contributed by atoms with E-state index in [0.29, 0.717) is 35.5 Å². The number of H-pyrrole nitrogens is 1. The van der Waals surface area contributed by atoms with Crippen molar-refractivity contribution in [2.45, 2.75) is 12.8 Å². The Kier molecular flexibility index (Phi) is 7.24. The maximum Gasteiger partial charge on any atom is 0.262 e. The maximum atomic E-state index is 12.6. The molecule has 168 valence electrons. The molecule has 0 unspecified atom stereocenters. The minimum Gasteiger partial charge on any atom is -0.497 e. The van der Waals surface area contributed by atoms with Crippen molar-refractivity contribution in [2.75, 3.05) is 38.9 Å². The Morgan fingerprint density at radius 1 is 1.12 bits per heavy atom. The highest BCUT2D eigenvalue weighted by Crippen LogP contribution is 2.32. The number of rotatable bonds is 9. The van der Waals surface area contributed by atoms with Gasteiger partial charge in [-0.3, -0.25) is 9.89 Å². The van der Waals surface area contributed by atoms with E-state index >= 15 is 0 Å². The molecular formula is C24H27N3O5. The molecule has 0 radical (unpaired) electrons. The molecule has 1 aromatic heterocycles. The number of nitrogens with one attached hydrogen (secondary N) is 2. The van der Waals surface area contributed by atoms with Gasteiger partial charge >= 0.3 is 0 Å². The van der Waals surface area contributed by atoms with E-state index in [0.717, 1.165) is 37.2 Å². The third kappa shape index (κ3) is 5.79. The molecule has 8 heteroatoms. The highest BCUT2D eigenvalue weighted by molar-refractivity contribution is 5.93. The van der Waals surface area contributed by atoms with Crippen LogP contribution in [0.25, 0.3) is 11.1 Å². The molecule has 8 nitrogen and oxygen atoms in total. The fourth-order valence-corrected chi connectivity index (χ4v) is 3.48. The van der Waals surface area contributed by atoms with Crippen molar-refractivity contribution < 1.29 is 23.7 Å². The Bertz CT molecular complexity index is 1020. The number of hydrogen-bond donors (Lipinski definition) is 2. The molecule has 1 aliphatic heterocycles. The Balaban J connectivity index is 1.43. The largest absolute Gasteiger partial charge is 0.497 e. The van der Waals surface area contributed by atoms with Gasteiger partial charge < -0.3 is 24.3 Å². The summed E-state index contributed by atoms with van der Waals surface area (Å²) in [5.41, 5.74) is 2.50.